The third-order valence-corrected chi connectivity index (χ3v) is 7.38. The number of aromatic nitrogens is 4. The van der Waals surface area contributed by atoms with E-state index in [1.165, 1.54) is 6.55 Å². The van der Waals surface area contributed by atoms with Crippen LogP contribution in [0.3, 0.4) is 0 Å². The van der Waals surface area contributed by atoms with E-state index in [1.807, 2.05) is 30.5 Å². The van der Waals surface area contributed by atoms with Crippen LogP contribution in [0.2, 0.25) is 12.6 Å². The van der Waals surface area contributed by atoms with Crippen molar-refractivity contribution in [1.29, 1.82) is 0 Å². The van der Waals surface area contributed by atoms with Crippen LogP contribution < -0.4 is 31.6 Å². The average Bonchev–Trinajstić information content (AvgIpc) is 3.47. The van der Waals surface area contributed by atoms with E-state index in [-0.39, 0.29) is 42.3 Å². The summed E-state index contributed by atoms with van der Waals surface area (Å²) in [6, 6.07) is 8.10. The Morgan fingerprint density at radius 3 is 2.71 bits per heavy atom. The Hall–Kier alpha value is -3.18. The number of para-hydroxylation sites is 1. The van der Waals surface area contributed by atoms with Gasteiger partial charge in [0.1, 0.15) is 12.3 Å². The number of nitrogens with zero attached hydrogens (tertiary/aromatic N) is 5. The smallest absolute Gasteiger partial charge is 0.250 e. The van der Waals surface area contributed by atoms with Crippen molar-refractivity contribution >= 4 is 43.5 Å². The minimum atomic E-state index is -3.59. The Morgan fingerprint density at radius 2 is 1.97 bits per heavy atom. The molecule has 2 aromatic heterocycles. The predicted molar refractivity (Wildman–Crippen MR) is 142 cm³/mol. The van der Waals surface area contributed by atoms with Gasteiger partial charge in [-0.25, -0.2) is 11.3 Å². The molecule has 3 atom stereocenters. The van der Waals surface area contributed by atoms with Crippen molar-refractivity contribution < 1.29 is 23.8 Å². The van der Waals surface area contributed by atoms with Gasteiger partial charge in [-0.1, -0.05) is 30.8 Å². The zero-order valence-corrected chi connectivity index (χ0v) is 22.6. The Morgan fingerprint density at radius 1 is 1.21 bits per heavy atom. The van der Waals surface area contributed by atoms with Gasteiger partial charge in [-0.3, -0.25) is 5.43 Å². The molecule has 4 rings (SSSR count). The van der Waals surface area contributed by atoms with E-state index in [0.29, 0.717) is 26.0 Å². The van der Waals surface area contributed by atoms with Gasteiger partial charge in [0.05, 0.1) is 24.4 Å². The number of hydrogen-bond donors (Lipinski definition) is 4. The van der Waals surface area contributed by atoms with Gasteiger partial charge in [-0.2, -0.15) is 28.6 Å². The summed E-state index contributed by atoms with van der Waals surface area (Å²) in [4.78, 5) is 35.3. The van der Waals surface area contributed by atoms with Crippen LogP contribution >= 0.6 is 0 Å². The van der Waals surface area contributed by atoms with Crippen LogP contribution in [0, 0.1) is 0 Å². The summed E-state index contributed by atoms with van der Waals surface area (Å²) >= 11 is 0. The molecule has 3 heterocycles. The number of nitrogens with one attached hydrogen (secondary N) is 3. The predicted octanol–water partition coefficient (Wildman–Crippen LogP) is 0.101. The van der Waals surface area contributed by atoms with Crippen LogP contribution in [-0.2, 0) is 14.2 Å². The van der Waals surface area contributed by atoms with E-state index >= 15 is 0 Å². The van der Waals surface area contributed by atoms with Gasteiger partial charge >= 0.3 is 0 Å². The molecule has 15 heteroatoms. The van der Waals surface area contributed by atoms with Gasteiger partial charge in [0, 0.05) is 44.3 Å². The molecule has 0 saturated carbocycles. The second kappa shape index (κ2) is 12.6. The van der Waals surface area contributed by atoms with Crippen molar-refractivity contribution in [3.05, 3.63) is 36.0 Å². The van der Waals surface area contributed by atoms with Gasteiger partial charge in [0.25, 0.3) is 0 Å². The minimum Gasteiger partial charge on any atom is -0.870 e. The largest absolute Gasteiger partial charge is 0.870 e. The quantitative estimate of drug-likeness (QED) is 0.0748. The van der Waals surface area contributed by atoms with E-state index in [1.54, 1.807) is 20.4 Å². The minimum absolute atomic E-state index is 0.0657. The second-order valence-corrected chi connectivity index (χ2v) is 11.9. The number of hydrogen-bond acceptors (Lipinski definition) is 13. The Labute approximate surface area is 221 Å². The van der Waals surface area contributed by atoms with Crippen LogP contribution in [0.15, 0.2) is 35.6 Å². The summed E-state index contributed by atoms with van der Waals surface area (Å²) in [6.45, 7) is 2.08. The SMILES string of the molecule is COC[C@H]1O[C@@H](n2cc(C=NNc3nc(NN)nc(NCCC[Si](C)([O-])[O-])n3)c3ccccc32)C[C@H]1OC. The molecule has 1 aliphatic rings. The molecule has 0 unspecified atom stereocenters. The lowest BCUT2D eigenvalue weighted by Gasteiger charge is -2.43. The van der Waals surface area contributed by atoms with Crippen molar-refractivity contribution in [2.75, 3.05) is 43.5 Å². The summed E-state index contributed by atoms with van der Waals surface area (Å²) in [6.07, 6.45) is 4.36. The first kappa shape index (κ1) is 27.8. The fraction of sp³-hybridized carbons (Fsp3) is 0.478. The first-order chi connectivity index (χ1) is 18.3. The Balaban J connectivity index is 1.48. The second-order valence-electron chi connectivity index (χ2n) is 9.09. The maximum atomic E-state index is 11.4. The number of hydrazine groups is 1. The topological polar surface area (TPSA) is 192 Å². The van der Waals surface area contributed by atoms with Crippen molar-refractivity contribution in [3.63, 3.8) is 0 Å². The van der Waals surface area contributed by atoms with Crippen molar-refractivity contribution in [2.45, 2.75) is 43.9 Å². The van der Waals surface area contributed by atoms with Gasteiger partial charge in [-0.15, -0.1) is 0 Å². The van der Waals surface area contributed by atoms with E-state index in [0.717, 1.165) is 16.5 Å². The molecule has 206 valence electrons. The highest BCUT2D eigenvalue weighted by Crippen LogP contribution is 2.34. The van der Waals surface area contributed by atoms with E-state index in [2.05, 4.69) is 40.8 Å². The van der Waals surface area contributed by atoms with Gasteiger partial charge in [-0.05, 0) is 12.5 Å². The van der Waals surface area contributed by atoms with Gasteiger partial charge < -0.3 is 33.7 Å². The molecular formula is C23H33N9O5Si-2. The van der Waals surface area contributed by atoms with Gasteiger partial charge in [0.15, 0.2) is 0 Å². The molecule has 0 bridgehead atoms. The summed E-state index contributed by atoms with van der Waals surface area (Å²) in [5.41, 5.74) is 7.07. The number of benzene rings is 1. The highest BCUT2D eigenvalue weighted by atomic mass is 28.4. The van der Waals surface area contributed by atoms with Crippen molar-refractivity contribution in [1.82, 2.24) is 19.5 Å². The molecule has 1 aromatic carbocycles. The van der Waals surface area contributed by atoms with Crippen molar-refractivity contribution in [2.24, 2.45) is 10.9 Å². The summed E-state index contributed by atoms with van der Waals surface area (Å²) < 4.78 is 19.2. The van der Waals surface area contributed by atoms with Crippen molar-refractivity contribution in [3.8, 4) is 0 Å². The molecule has 1 aliphatic heterocycles. The summed E-state index contributed by atoms with van der Waals surface area (Å²) in [7, 11) is -0.264. The molecule has 0 radical (unpaired) electrons. The fourth-order valence-corrected chi connectivity index (χ4v) is 5.16. The van der Waals surface area contributed by atoms with Crippen LogP contribution in [0.25, 0.3) is 10.9 Å². The van der Waals surface area contributed by atoms with Crippen LogP contribution in [-0.4, -0.2) is 73.9 Å². The monoisotopic (exact) mass is 543 g/mol. The summed E-state index contributed by atoms with van der Waals surface area (Å²) in [5, 5.41) is 8.30. The number of nitrogen functional groups attached to an aromatic ring is 1. The average molecular weight is 544 g/mol. The number of nitrogens with two attached hydrogens (primary N) is 1. The van der Waals surface area contributed by atoms with E-state index in [4.69, 9.17) is 20.1 Å². The standard InChI is InChI=1S/C23H33N9O5Si/c1-35-14-19-18(36-2)11-20(37-19)32-13-15(16-7-4-5-8-17(16)32)12-26-31-23-28-21(27-22(29-23)30-24)25-9-6-10-38(3,33)34/h4-5,7-8,12-13,18-20H,6,9-11,14,24H2,1-3H3,(H3,25,27,28,29,30,31)/q-2/t18-,19-,20-/m1/s1. The molecule has 3 aromatic rings. The maximum absolute atomic E-state index is 11.4. The Kier molecular flexibility index (Phi) is 9.21. The zero-order valence-electron chi connectivity index (χ0n) is 21.6. The maximum Gasteiger partial charge on any atom is 0.250 e. The number of methoxy groups -OCH3 is 2. The highest BCUT2D eigenvalue weighted by Gasteiger charge is 2.36. The molecule has 0 aliphatic carbocycles. The van der Waals surface area contributed by atoms with Crippen LogP contribution in [0.1, 0.15) is 24.6 Å². The first-order valence-corrected chi connectivity index (χ1v) is 14.8. The van der Waals surface area contributed by atoms with E-state index in [9.17, 15) is 9.59 Å². The van der Waals surface area contributed by atoms with Crippen LogP contribution in [0.4, 0.5) is 17.8 Å². The number of rotatable bonds is 13. The number of hydrazone groups is 1. The molecule has 14 nitrogen and oxygen atoms in total. The van der Waals surface area contributed by atoms with Crippen LogP contribution in [0.5, 0.6) is 0 Å². The third kappa shape index (κ3) is 7.01. The first-order valence-electron chi connectivity index (χ1n) is 12.2. The lowest BCUT2D eigenvalue weighted by Crippen LogP contribution is -2.59. The lowest BCUT2D eigenvalue weighted by atomic mass is 10.2. The Bertz CT molecular complexity index is 1240. The molecule has 0 amide bonds. The normalized spacial score (nSPS) is 19.9. The molecule has 38 heavy (non-hydrogen) atoms. The highest BCUT2D eigenvalue weighted by molar-refractivity contribution is 6.59. The molecular weight excluding hydrogens is 510 g/mol. The number of anilines is 3. The third-order valence-electron chi connectivity index (χ3n) is 6.12. The lowest BCUT2D eigenvalue weighted by molar-refractivity contribution is -0.368. The van der Waals surface area contributed by atoms with Gasteiger partial charge in [0.2, 0.25) is 17.8 Å². The fourth-order valence-electron chi connectivity index (χ4n) is 4.35. The molecule has 0 spiro atoms. The molecule has 1 fully saturated rings. The number of ether oxygens (including phenoxy) is 3. The zero-order chi connectivity index (χ0) is 27.1. The number of fused-ring (bicyclic) bond motifs is 1. The van der Waals surface area contributed by atoms with E-state index < -0.39 is 8.56 Å². The molecule has 1 saturated heterocycles. The summed E-state index contributed by atoms with van der Waals surface area (Å²) in [5.74, 6) is 6.01. The molecule has 5 N–H and O–H groups in total.